The topological polar surface area (TPSA) is 21.3 Å². The molecule has 2 aromatic carbocycles. The molecule has 120 valence electrons. The van der Waals surface area contributed by atoms with Crippen LogP contribution in [-0.2, 0) is 0 Å². The summed E-state index contributed by atoms with van der Waals surface area (Å²) in [5.41, 5.74) is 3.45. The minimum Gasteiger partial charge on any atom is -0.488 e. The second kappa shape index (κ2) is 6.21. The van der Waals surface area contributed by atoms with Gasteiger partial charge in [0.2, 0.25) is 0 Å². The van der Waals surface area contributed by atoms with E-state index in [1.807, 2.05) is 12.1 Å². The Morgan fingerprint density at radius 1 is 1.22 bits per heavy atom. The van der Waals surface area contributed by atoms with Gasteiger partial charge in [0.1, 0.15) is 11.9 Å². The Kier molecular flexibility index (Phi) is 4.22. The quantitative estimate of drug-likeness (QED) is 0.737. The van der Waals surface area contributed by atoms with Crippen molar-refractivity contribution in [2.45, 2.75) is 23.3 Å². The van der Waals surface area contributed by atoms with Crippen LogP contribution < -0.4 is 10.1 Å². The molecular formula is C18H17Cl2NOS. The molecule has 0 saturated carbocycles. The van der Waals surface area contributed by atoms with Gasteiger partial charge in [-0.25, -0.2) is 0 Å². The van der Waals surface area contributed by atoms with Crippen molar-refractivity contribution in [3.05, 3.63) is 45.9 Å². The van der Waals surface area contributed by atoms with E-state index in [1.165, 1.54) is 10.5 Å². The third kappa shape index (κ3) is 2.74. The summed E-state index contributed by atoms with van der Waals surface area (Å²) in [6.07, 6.45) is 3.45. The molecule has 1 fully saturated rings. The van der Waals surface area contributed by atoms with Crippen LogP contribution in [0.25, 0.3) is 11.1 Å². The van der Waals surface area contributed by atoms with Crippen LogP contribution >= 0.6 is 35.0 Å². The first-order valence-corrected chi connectivity index (χ1v) is 9.70. The van der Waals surface area contributed by atoms with Crippen LogP contribution in [0.4, 0.5) is 0 Å². The molecule has 0 radical (unpaired) electrons. The number of thioether (sulfide) groups is 1. The van der Waals surface area contributed by atoms with Crippen molar-refractivity contribution in [1.82, 2.24) is 5.32 Å². The number of nitrogens with one attached hydrogen (secondary N) is 1. The van der Waals surface area contributed by atoms with Gasteiger partial charge in [0.05, 0.1) is 4.90 Å². The highest BCUT2D eigenvalue weighted by atomic mass is 35.5. The van der Waals surface area contributed by atoms with E-state index in [2.05, 4.69) is 23.7 Å². The zero-order valence-electron chi connectivity index (χ0n) is 12.7. The molecule has 0 bridgehead atoms. The number of benzene rings is 2. The molecule has 2 atom stereocenters. The van der Waals surface area contributed by atoms with Gasteiger partial charge in [-0.05, 0) is 49.1 Å². The van der Waals surface area contributed by atoms with Crippen LogP contribution in [-0.4, -0.2) is 25.4 Å². The number of hydrogen-bond donors (Lipinski definition) is 1. The van der Waals surface area contributed by atoms with Crippen LogP contribution in [0, 0.1) is 0 Å². The van der Waals surface area contributed by atoms with Crippen molar-refractivity contribution >= 4 is 35.0 Å². The standard InChI is InChI=1S/C18H17Cl2NOS/c1-23-17-7-10(12-3-2-11(19)8-15(12)20)6-13-14-9-21-5-4-16(14)22-18(13)17/h2-3,6-8,14,16,21H,4-5,9H2,1H3. The number of piperidine rings is 1. The minimum absolute atomic E-state index is 0.299. The largest absolute Gasteiger partial charge is 0.488 e. The van der Waals surface area contributed by atoms with Gasteiger partial charge in [-0.3, -0.25) is 0 Å². The van der Waals surface area contributed by atoms with Gasteiger partial charge in [-0.15, -0.1) is 11.8 Å². The molecule has 2 unspecified atom stereocenters. The monoisotopic (exact) mass is 365 g/mol. The highest BCUT2D eigenvalue weighted by molar-refractivity contribution is 7.98. The van der Waals surface area contributed by atoms with Crippen LogP contribution in [0.1, 0.15) is 17.9 Å². The van der Waals surface area contributed by atoms with E-state index in [-0.39, 0.29) is 0 Å². The maximum atomic E-state index is 6.41. The zero-order chi connectivity index (χ0) is 16.0. The molecule has 0 aromatic heterocycles. The molecule has 5 heteroatoms. The summed E-state index contributed by atoms with van der Waals surface area (Å²) < 4.78 is 6.26. The number of rotatable bonds is 2. The Hall–Kier alpha value is -0.870. The van der Waals surface area contributed by atoms with E-state index in [0.29, 0.717) is 22.1 Å². The first-order valence-electron chi connectivity index (χ1n) is 7.72. The SMILES string of the molecule is CSc1cc(-c2ccc(Cl)cc2Cl)cc2c1OC1CCNCC21. The summed E-state index contributed by atoms with van der Waals surface area (Å²) in [5.74, 6) is 1.49. The maximum absolute atomic E-state index is 6.41. The summed E-state index contributed by atoms with van der Waals surface area (Å²) in [6.45, 7) is 2.00. The lowest BCUT2D eigenvalue weighted by Gasteiger charge is -2.24. The summed E-state index contributed by atoms with van der Waals surface area (Å²) >= 11 is 14.2. The molecule has 2 heterocycles. The molecular weight excluding hydrogens is 349 g/mol. The number of fused-ring (bicyclic) bond motifs is 3. The second-order valence-corrected chi connectivity index (χ2v) is 7.67. The molecule has 1 N–H and O–H groups in total. The Labute approximate surface area is 150 Å². The van der Waals surface area contributed by atoms with E-state index < -0.39 is 0 Å². The van der Waals surface area contributed by atoms with Crippen molar-refractivity contribution in [1.29, 1.82) is 0 Å². The minimum atomic E-state index is 0.299. The Morgan fingerprint density at radius 3 is 2.87 bits per heavy atom. The lowest BCUT2D eigenvalue weighted by molar-refractivity contribution is 0.169. The number of ether oxygens (including phenoxy) is 1. The summed E-state index contributed by atoms with van der Waals surface area (Å²) in [6, 6.07) is 10.1. The van der Waals surface area contributed by atoms with Crippen molar-refractivity contribution in [2.24, 2.45) is 0 Å². The lowest BCUT2D eigenvalue weighted by Crippen LogP contribution is -2.37. The van der Waals surface area contributed by atoms with Gasteiger partial charge < -0.3 is 10.1 Å². The van der Waals surface area contributed by atoms with E-state index in [9.17, 15) is 0 Å². The van der Waals surface area contributed by atoms with Crippen LogP contribution in [0.5, 0.6) is 5.75 Å². The lowest BCUT2D eigenvalue weighted by atomic mass is 9.89. The molecule has 1 saturated heterocycles. The molecule has 0 aliphatic carbocycles. The average molecular weight is 366 g/mol. The number of halogens is 2. The summed E-state index contributed by atoms with van der Waals surface area (Å²) in [7, 11) is 0. The third-order valence-electron chi connectivity index (χ3n) is 4.63. The predicted octanol–water partition coefficient (Wildman–Crippen LogP) is 5.22. The molecule has 0 spiro atoms. The zero-order valence-corrected chi connectivity index (χ0v) is 15.1. The van der Waals surface area contributed by atoms with Gasteiger partial charge in [0.15, 0.2) is 0 Å². The van der Waals surface area contributed by atoms with Gasteiger partial charge in [-0.1, -0.05) is 29.3 Å². The van der Waals surface area contributed by atoms with Gasteiger partial charge >= 0.3 is 0 Å². The maximum Gasteiger partial charge on any atom is 0.136 e. The fourth-order valence-electron chi connectivity index (χ4n) is 3.49. The average Bonchev–Trinajstić information content (AvgIpc) is 2.92. The molecule has 2 aromatic rings. The van der Waals surface area contributed by atoms with Gasteiger partial charge in [0.25, 0.3) is 0 Å². The molecule has 0 amide bonds. The summed E-state index contributed by atoms with van der Waals surface area (Å²) in [5, 5.41) is 4.82. The highest BCUT2D eigenvalue weighted by Gasteiger charge is 2.37. The second-order valence-electron chi connectivity index (χ2n) is 5.98. The summed E-state index contributed by atoms with van der Waals surface area (Å²) in [4.78, 5) is 1.18. The molecule has 23 heavy (non-hydrogen) atoms. The van der Waals surface area contributed by atoms with E-state index >= 15 is 0 Å². The van der Waals surface area contributed by atoms with E-state index in [4.69, 9.17) is 27.9 Å². The van der Waals surface area contributed by atoms with Gasteiger partial charge in [-0.2, -0.15) is 0 Å². The fourth-order valence-corrected chi connectivity index (χ4v) is 4.61. The molecule has 2 nitrogen and oxygen atoms in total. The Bertz CT molecular complexity index is 765. The van der Waals surface area contributed by atoms with Crippen molar-refractivity contribution in [3.63, 3.8) is 0 Å². The Morgan fingerprint density at radius 2 is 2.09 bits per heavy atom. The predicted molar refractivity (Wildman–Crippen MR) is 98.3 cm³/mol. The molecule has 4 rings (SSSR count). The molecule has 2 aliphatic rings. The third-order valence-corrected chi connectivity index (χ3v) is 5.92. The number of hydrogen-bond acceptors (Lipinski definition) is 3. The first kappa shape index (κ1) is 15.6. The van der Waals surface area contributed by atoms with Crippen LogP contribution in [0.2, 0.25) is 10.0 Å². The Balaban J connectivity index is 1.84. The first-order chi connectivity index (χ1) is 11.2. The van der Waals surface area contributed by atoms with E-state index in [1.54, 1.807) is 17.8 Å². The van der Waals surface area contributed by atoms with Crippen molar-refractivity contribution < 1.29 is 4.74 Å². The van der Waals surface area contributed by atoms with E-state index in [0.717, 1.165) is 36.4 Å². The van der Waals surface area contributed by atoms with Gasteiger partial charge in [0, 0.05) is 33.6 Å². The van der Waals surface area contributed by atoms with Crippen LogP contribution in [0.15, 0.2) is 35.2 Å². The van der Waals surface area contributed by atoms with Crippen molar-refractivity contribution in [3.8, 4) is 16.9 Å². The molecule has 2 aliphatic heterocycles. The highest BCUT2D eigenvalue weighted by Crippen LogP contribution is 2.48. The smallest absolute Gasteiger partial charge is 0.136 e. The normalized spacial score (nSPS) is 22.4. The fraction of sp³-hybridized carbons (Fsp3) is 0.333. The van der Waals surface area contributed by atoms with Crippen LogP contribution in [0.3, 0.4) is 0 Å². The van der Waals surface area contributed by atoms with Crippen molar-refractivity contribution in [2.75, 3.05) is 19.3 Å².